The summed E-state index contributed by atoms with van der Waals surface area (Å²) in [6.07, 6.45) is 10.2. The van der Waals surface area contributed by atoms with Gasteiger partial charge in [0.25, 0.3) is 0 Å². The van der Waals surface area contributed by atoms with E-state index in [-0.39, 0.29) is 11.3 Å². The van der Waals surface area contributed by atoms with E-state index in [1.807, 2.05) is 6.07 Å². The minimum atomic E-state index is -0.577. The van der Waals surface area contributed by atoms with Crippen molar-refractivity contribution in [2.24, 2.45) is 10.8 Å². The molecular formula is C28H32FN5O2. The molecule has 36 heavy (non-hydrogen) atoms. The van der Waals surface area contributed by atoms with Crippen molar-refractivity contribution in [1.29, 1.82) is 0 Å². The predicted octanol–water partition coefficient (Wildman–Crippen LogP) is 5.78. The molecule has 2 bridgehead atoms. The van der Waals surface area contributed by atoms with Crippen molar-refractivity contribution in [2.75, 3.05) is 12.0 Å². The molecule has 1 aromatic carbocycles. The summed E-state index contributed by atoms with van der Waals surface area (Å²) in [5.74, 6) is 0.386. The first kappa shape index (κ1) is 23.1. The molecule has 2 aromatic heterocycles. The Bertz CT molecular complexity index is 1260. The van der Waals surface area contributed by atoms with Gasteiger partial charge in [0.05, 0.1) is 24.6 Å². The molecule has 2 heterocycles. The predicted molar refractivity (Wildman–Crippen MR) is 135 cm³/mol. The van der Waals surface area contributed by atoms with E-state index < -0.39 is 5.82 Å². The van der Waals surface area contributed by atoms with Gasteiger partial charge in [-0.1, -0.05) is 13.8 Å². The molecular weight excluding hydrogens is 457 g/mol. The zero-order valence-corrected chi connectivity index (χ0v) is 21.0. The molecule has 188 valence electrons. The fraction of sp³-hybridized carbons (Fsp3) is 0.500. The van der Waals surface area contributed by atoms with Crippen LogP contribution < -0.4 is 9.64 Å². The molecule has 0 saturated heterocycles. The maximum absolute atomic E-state index is 15.2. The second-order valence-corrected chi connectivity index (χ2v) is 11.6. The van der Waals surface area contributed by atoms with Crippen LogP contribution in [0.4, 0.5) is 10.2 Å². The van der Waals surface area contributed by atoms with Crippen molar-refractivity contribution in [2.45, 2.75) is 70.9 Å². The number of halogens is 1. The van der Waals surface area contributed by atoms with Crippen LogP contribution in [0.15, 0.2) is 36.5 Å². The number of hydrogen-bond acceptors (Lipinski definition) is 7. The Labute approximate surface area is 210 Å². The molecule has 0 radical (unpaired) electrons. The monoisotopic (exact) mass is 489 g/mol. The largest absolute Gasteiger partial charge is 0.507 e. The standard InChI is InChI=1S/C28H32FN5O2/c1-27-8-9-28(2,16-27)14-20(13-27)34(19-4-5-19)24-7-6-22(31-32-24)26-21(29)10-17(11-23(26)35)18-12-25(36-3)33-30-15-18/h6-7,10-12,15,19-20,35H,4-5,8-9,13-14,16H2,1-3H3/t20?,27-,28+. The van der Waals surface area contributed by atoms with E-state index >= 15 is 4.39 Å². The number of aromatic hydroxyl groups is 1. The molecule has 3 aliphatic carbocycles. The molecule has 3 fully saturated rings. The lowest BCUT2D eigenvalue weighted by Crippen LogP contribution is -2.46. The fourth-order valence-electron chi connectivity index (χ4n) is 6.80. The molecule has 3 atom stereocenters. The topological polar surface area (TPSA) is 84.3 Å². The van der Waals surface area contributed by atoms with Gasteiger partial charge in [-0.25, -0.2) is 4.39 Å². The number of hydrogen-bond donors (Lipinski definition) is 1. The maximum Gasteiger partial charge on any atom is 0.233 e. The Morgan fingerprint density at radius 1 is 0.972 bits per heavy atom. The van der Waals surface area contributed by atoms with E-state index in [4.69, 9.17) is 4.74 Å². The molecule has 0 spiro atoms. The molecule has 3 aliphatic rings. The molecule has 6 rings (SSSR count). The van der Waals surface area contributed by atoms with Crippen LogP contribution in [-0.2, 0) is 0 Å². The van der Waals surface area contributed by atoms with Crippen LogP contribution in [0, 0.1) is 16.6 Å². The minimum absolute atomic E-state index is 0.0421. The third-order valence-corrected chi connectivity index (χ3v) is 8.39. The third kappa shape index (κ3) is 4.16. The Hall–Kier alpha value is -3.29. The lowest BCUT2D eigenvalue weighted by molar-refractivity contribution is 0.145. The molecule has 1 N–H and O–H groups in total. The molecule has 1 unspecified atom stereocenters. The third-order valence-electron chi connectivity index (χ3n) is 8.39. The number of anilines is 1. The lowest BCUT2D eigenvalue weighted by Gasteiger charge is -2.45. The van der Waals surface area contributed by atoms with Crippen LogP contribution in [0.5, 0.6) is 11.6 Å². The molecule has 7 nitrogen and oxygen atoms in total. The average Bonchev–Trinajstić information content (AvgIpc) is 3.65. The second-order valence-electron chi connectivity index (χ2n) is 11.6. The summed E-state index contributed by atoms with van der Waals surface area (Å²) in [5.41, 5.74) is 2.23. The van der Waals surface area contributed by atoms with E-state index in [0.717, 1.165) is 5.82 Å². The summed E-state index contributed by atoms with van der Waals surface area (Å²) < 4.78 is 20.3. The first-order chi connectivity index (χ1) is 17.3. The number of aromatic nitrogens is 4. The minimum Gasteiger partial charge on any atom is -0.507 e. The summed E-state index contributed by atoms with van der Waals surface area (Å²) in [5, 5.41) is 27.4. The number of phenols is 1. The van der Waals surface area contributed by atoms with E-state index in [1.54, 1.807) is 12.1 Å². The summed E-state index contributed by atoms with van der Waals surface area (Å²) in [7, 11) is 1.49. The average molecular weight is 490 g/mol. The van der Waals surface area contributed by atoms with Gasteiger partial charge in [-0.2, -0.15) is 5.10 Å². The highest BCUT2D eigenvalue weighted by Gasteiger charge is 2.52. The van der Waals surface area contributed by atoms with Crippen molar-refractivity contribution in [3.8, 4) is 34.0 Å². The molecule has 0 aliphatic heterocycles. The van der Waals surface area contributed by atoms with Crippen LogP contribution in [0.3, 0.4) is 0 Å². The number of phenolic OH excluding ortho intramolecular Hbond substituents is 1. The van der Waals surface area contributed by atoms with Gasteiger partial charge in [0, 0.05) is 23.7 Å². The number of methoxy groups -OCH3 is 1. The first-order valence-corrected chi connectivity index (χ1v) is 12.8. The summed E-state index contributed by atoms with van der Waals surface area (Å²) in [6, 6.07) is 9.17. The highest BCUT2D eigenvalue weighted by molar-refractivity contribution is 5.75. The Kier molecular flexibility index (Phi) is 5.39. The number of nitrogens with zero attached hydrogens (tertiary/aromatic N) is 5. The molecule has 3 saturated carbocycles. The van der Waals surface area contributed by atoms with E-state index in [0.29, 0.717) is 45.6 Å². The highest BCUT2D eigenvalue weighted by atomic mass is 19.1. The van der Waals surface area contributed by atoms with Crippen LogP contribution in [-0.4, -0.2) is 44.7 Å². The van der Waals surface area contributed by atoms with Crippen LogP contribution in [0.1, 0.15) is 58.8 Å². The Balaban J connectivity index is 1.29. The fourth-order valence-corrected chi connectivity index (χ4v) is 6.80. The quantitative estimate of drug-likeness (QED) is 0.470. The number of ether oxygens (including phenoxy) is 1. The highest BCUT2D eigenvalue weighted by Crippen LogP contribution is 2.59. The van der Waals surface area contributed by atoms with Crippen LogP contribution >= 0.6 is 0 Å². The lowest BCUT2D eigenvalue weighted by atomic mass is 9.68. The van der Waals surface area contributed by atoms with Crippen molar-refractivity contribution in [1.82, 2.24) is 20.4 Å². The number of fused-ring (bicyclic) bond motifs is 2. The van der Waals surface area contributed by atoms with Gasteiger partial charge in [0.2, 0.25) is 5.88 Å². The van der Waals surface area contributed by atoms with Crippen LogP contribution in [0.2, 0.25) is 0 Å². The summed E-state index contributed by atoms with van der Waals surface area (Å²) in [4.78, 5) is 2.49. The van der Waals surface area contributed by atoms with Crippen molar-refractivity contribution in [3.05, 3.63) is 42.3 Å². The second kappa shape index (κ2) is 8.39. The zero-order valence-electron chi connectivity index (χ0n) is 21.0. The normalized spacial score (nSPS) is 27.2. The Morgan fingerprint density at radius 2 is 1.72 bits per heavy atom. The maximum atomic E-state index is 15.2. The van der Waals surface area contributed by atoms with E-state index in [1.165, 1.54) is 70.4 Å². The van der Waals surface area contributed by atoms with Crippen molar-refractivity contribution >= 4 is 5.82 Å². The summed E-state index contributed by atoms with van der Waals surface area (Å²) >= 11 is 0. The van der Waals surface area contributed by atoms with Gasteiger partial charge < -0.3 is 14.7 Å². The number of rotatable bonds is 6. The van der Waals surface area contributed by atoms with E-state index in [9.17, 15) is 5.11 Å². The van der Waals surface area contributed by atoms with Gasteiger partial charge in [-0.3, -0.25) is 0 Å². The molecule has 3 aromatic rings. The van der Waals surface area contributed by atoms with E-state index in [2.05, 4.69) is 39.1 Å². The van der Waals surface area contributed by atoms with Crippen LogP contribution in [0.25, 0.3) is 22.4 Å². The van der Waals surface area contributed by atoms with Gasteiger partial charge in [0.1, 0.15) is 11.6 Å². The van der Waals surface area contributed by atoms with Gasteiger partial charge >= 0.3 is 0 Å². The molecule has 0 amide bonds. The first-order valence-electron chi connectivity index (χ1n) is 12.8. The zero-order chi connectivity index (χ0) is 25.1. The van der Waals surface area contributed by atoms with Gasteiger partial charge in [-0.05, 0) is 85.6 Å². The Morgan fingerprint density at radius 3 is 2.33 bits per heavy atom. The molecule has 8 heteroatoms. The smallest absolute Gasteiger partial charge is 0.233 e. The summed E-state index contributed by atoms with van der Waals surface area (Å²) in [6.45, 7) is 4.88. The van der Waals surface area contributed by atoms with Gasteiger partial charge in [0.15, 0.2) is 5.82 Å². The van der Waals surface area contributed by atoms with Crippen molar-refractivity contribution < 1.29 is 14.2 Å². The SMILES string of the molecule is COc1cc(-c2cc(O)c(-c3ccc(N(C4CC4)C4C[C@]5(C)CC[C@](C)(C4)C5)nn3)c(F)c2)cnn1. The number of benzene rings is 1. The van der Waals surface area contributed by atoms with Gasteiger partial charge in [-0.15, -0.1) is 15.3 Å². The van der Waals surface area contributed by atoms with Crippen molar-refractivity contribution in [3.63, 3.8) is 0 Å².